The number of nitrogens with one attached hydrogen (secondary N) is 1. The number of benzene rings is 4. The molecule has 0 saturated heterocycles. The molecule has 0 radical (unpaired) electrons. The Labute approximate surface area is 206 Å². The molecule has 166 valence electrons. The van der Waals surface area contributed by atoms with Crippen molar-refractivity contribution >= 4 is 56.4 Å². The summed E-state index contributed by atoms with van der Waals surface area (Å²) < 4.78 is 2.42. The molecule has 2 aromatic heterocycles. The van der Waals surface area contributed by atoms with Crippen LogP contribution in [0.3, 0.4) is 0 Å². The van der Waals surface area contributed by atoms with Gasteiger partial charge in [0, 0.05) is 22.7 Å². The van der Waals surface area contributed by atoms with Crippen LogP contribution in [0.25, 0.3) is 27.5 Å². The van der Waals surface area contributed by atoms with Crippen LogP contribution in [0, 0.1) is 0 Å². The van der Waals surface area contributed by atoms with Crippen molar-refractivity contribution in [3.8, 4) is 5.69 Å². The van der Waals surface area contributed by atoms with Gasteiger partial charge in [-0.15, -0.1) is 0 Å². The number of fused-ring (bicyclic) bond motifs is 6. The lowest BCUT2D eigenvalue weighted by Crippen LogP contribution is -2.18. The predicted octanol–water partition coefficient (Wildman–Crippen LogP) is 8.18. The normalized spacial score (nSPS) is 15.8. The molecule has 35 heavy (non-hydrogen) atoms. The first-order valence-corrected chi connectivity index (χ1v) is 12.6. The first kappa shape index (κ1) is 19.1. The Bertz CT molecular complexity index is 1740. The number of nitrogens with zero attached hydrogens (tertiary/aromatic N) is 3. The fraction of sp³-hybridized carbons (Fsp3) is 0.0333. The minimum Gasteiger partial charge on any atom is -0.353 e. The van der Waals surface area contributed by atoms with Gasteiger partial charge in [-0.3, -0.25) is 0 Å². The zero-order valence-corrected chi connectivity index (χ0v) is 19.5. The van der Waals surface area contributed by atoms with Gasteiger partial charge in [-0.05, 0) is 54.1 Å². The Morgan fingerprint density at radius 1 is 0.686 bits per heavy atom. The summed E-state index contributed by atoms with van der Waals surface area (Å²) in [6, 6.07) is 37.1. The number of aromatic nitrogens is 2. The molecule has 1 atom stereocenters. The summed E-state index contributed by atoms with van der Waals surface area (Å²) in [7, 11) is 0. The standard InChI is InChI=1S/C30H20N4S/c1-2-9-23-21(7-1)22-8-5-12-26-28(22)34(23)25-11-4-3-10-24(25)33(26)20-16-14-19(15-17-20)30-32-29-27(35-30)13-6-18-31-29/h1-18,30H,(H,31,32). The predicted molar refractivity (Wildman–Crippen MR) is 145 cm³/mol. The van der Waals surface area contributed by atoms with E-state index >= 15 is 0 Å². The van der Waals surface area contributed by atoms with Gasteiger partial charge in [0.05, 0.1) is 33.0 Å². The molecule has 1 N–H and O–H groups in total. The number of rotatable bonds is 2. The largest absolute Gasteiger partial charge is 0.353 e. The van der Waals surface area contributed by atoms with Crippen molar-refractivity contribution in [2.75, 3.05) is 10.2 Å². The van der Waals surface area contributed by atoms with Crippen molar-refractivity contribution in [3.05, 3.63) is 115 Å². The zero-order valence-electron chi connectivity index (χ0n) is 18.7. The van der Waals surface area contributed by atoms with Gasteiger partial charge in [-0.2, -0.15) is 0 Å². The van der Waals surface area contributed by atoms with Gasteiger partial charge in [0.1, 0.15) is 11.2 Å². The van der Waals surface area contributed by atoms with Crippen molar-refractivity contribution in [1.29, 1.82) is 0 Å². The van der Waals surface area contributed by atoms with Crippen LogP contribution in [-0.2, 0) is 0 Å². The highest BCUT2D eigenvalue weighted by atomic mass is 32.2. The van der Waals surface area contributed by atoms with E-state index in [1.165, 1.54) is 49.3 Å². The smallest absolute Gasteiger partial charge is 0.140 e. The Morgan fingerprint density at radius 2 is 1.46 bits per heavy atom. The maximum Gasteiger partial charge on any atom is 0.140 e. The van der Waals surface area contributed by atoms with Crippen molar-refractivity contribution in [2.45, 2.75) is 10.3 Å². The van der Waals surface area contributed by atoms with Crippen LogP contribution in [-0.4, -0.2) is 9.55 Å². The van der Waals surface area contributed by atoms with E-state index in [0.29, 0.717) is 0 Å². The van der Waals surface area contributed by atoms with E-state index in [4.69, 9.17) is 0 Å². The van der Waals surface area contributed by atoms with E-state index in [9.17, 15) is 0 Å². The van der Waals surface area contributed by atoms with E-state index < -0.39 is 0 Å². The van der Waals surface area contributed by atoms with Crippen LogP contribution in [0.5, 0.6) is 0 Å². The summed E-state index contributed by atoms with van der Waals surface area (Å²) in [6.45, 7) is 0. The molecule has 8 rings (SSSR count). The van der Waals surface area contributed by atoms with Crippen LogP contribution < -0.4 is 10.2 Å². The second-order valence-electron chi connectivity index (χ2n) is 8.93. The van der Waals surface area contributed by atoms with Gasteiger partial charge in [0.2, 0.25) is 0 Å². The van der Waals surface area contributed by atoms with E-state index in [0.717, 1.165) is 11.5 Å². The highest BCUT2D eigenvalue weighted by Crippen LogP contribution is 2.50. The lowest BCUT2D eigenvalue weighted by Gasteiger charge is -2.33. The van der Waals surface area contributed by atoms with E-state index in [-0.39, 0.29) is 5.37 Å². The number of hydrogen-bond acceptors (Lipinski definition) is 4. The molecule has 5 heteroatoms. The number of anilines is 4. The summed E-state index contributed by atoms with van der Waals surface area (Å²) in [4.78, 5) is 8.06. The van der Waals surface area contributed by atoms with E-state index in [1.807, 2.05) is 24.0 Å². The van der Waals surface area contributed by atoms with Gasteiger partial charge in [0.15, 0.2) is 0 Å². The number of thioether (sulfide) groups is 1. The number of para-hydroxylation sites is 4. The first-order valence-electron chi connectivity index (χ1n) is 11.8. The summed E-state index contributed by atoms with van der Waals surface area (Å²) in [5.74, 6) is 0.969. The zero-order chi connectivity index (χ0) is 22.9. The SMILES string of the molecule is c1cnc2c(c1)SC(c1ccc(N3c4ccccc4-n4c5ccccc5c5cccc3c54)cc1)N2. The highest BCUT2D eigenvalue weighted by Gasteiger charge is 2.29. The van der Waals surface area contributed by atoms with Crippen LogP contribution in [0.2, 0.25) is 0 Å². The molecule has 6 aromatic rings. The summed E-state index contributed by atoms with van der Waals surface area (Å²) in [5, 5.41) is 6.29. The van der Waals surface area contributed by atoms with Crippen molar-refractivity contribution < 1.29 is 0 Å². The van der Waals surface area contributed by atoms with Crippen LogP contribution in [0.1, 0.15) is 10.9 Å². The Morgan fingerprint density at radius 3 is 2.34 bits per heavy atom. The van der Waals surface area contributed by atoms with E-state index in [1.54, 1.807) is 0 Å². The molecule has 0 bridgehead atoms. The molecule has 2 aliphatic rings. The molecule has 0 saturated carbocycles. The molecule has 2 aliphatic heterocycles. The fourth-order valence-electron chi connectivity index (χ4n) is 5.51. The second kappa shape index (κ2) is 7.14. The topological polar surface area (TPSA) is 33.1 Å². The van der Waals surface area contributed by atoms with Gasteiger partial charge in [-0.25, -0.2) is 4.98 Å². The first-order chi connectivity index (χ1) is 17.4. The van der Waals surface area contributed by atoms with Gasteiger partial charge in [0.25, 0.3) is 0 Å². The summed E-state index contributed by atoms with van der Waals surface area (Å²) >= 11 is 1.82. The maximum atomic E-state index is 4.47. The van der Waals surface area contributed by atoms with E-state index in [2.05, 4.69) is 117 Å². The quantitative estimate of drug-likeness (QED) is 0.277. The minimum absolute atomic E-state index is 0.175. The minimum atomic E-state index is 0.175. The maximum absolute atomic E-state index is 4.47. The third-order valence-electron chi connectivity index (χ3n) is 7.02. The molecular weight excluding hydrogens is 448 g/mol. The average molecular weight is 469 g/mol. The van der Waals surface area contributed by atoms with Gasteiger partial charge in [-0.1, -0.05) is 66.4 Å². The second-order valence-corrected chi connectivity index (χ2v) is 10.1. The third kappa shape index (κ3) is 2.67. The monoisotopic (exact) mass is 468 g/mol. The number of hydrogen-bond donors (Lipinski definition) is 1. The molecule has 0 fully saturated rings. The molecule has 0 aliphatic carbocycles. The molecule has 0 amide bonds. The van der Waals surface area contributed by atoms with Gasteiger partial charge >= 0.3 is 0 Å². The average Bonchev–Trinajstić information content (AvgIpc) is 3.50. The molecule has 4 aromatic carbocycles. The molecule has 4 heterocycles. The van der Waals surface area contributed by atoms with Crippen molar-refractivity contribution in [3.63, 3.8) is 0 Å². The highest BCUT2D eigenvalue weighted by molar-refractivity contribution is 8.00. The molecule has 1 unspecified atom stereocenters. The van der Waals surface area contributed by atoms with Crippen molar-refractivity contribution in [2.24, 2.45) is 0 Å². The van der Waals surface area contributed by atoms with Crippen molar-refractivity contribution in [1.82, 2.24) is 9.55 Å². The fourth-order valence-corrected chi connectivity index (χ4v) is 6.60. The third-order valence-corrected chi connectivity index (χ3v) is 8.22. The Kier molecular flexibility index (Phi) is 3.90. The molecule has 4 nitrogen and oxygen atoms in total. The van der Waals surface area contributed by atoms with Crippen LogP contribution in [0.15, 0.2) is 114 Å². The summed E-state index contributed by atoms with van der Waals surface area (Å²) in [5.41, 5.74) is 8.50. The van der Waals surface area contributed by atoms with Crippen LogP contribution >= 0.6 is 11.8 Å². The van der Waals surface area contributed by atoms with Crippen LogP contribution in [0.4, 0.5) is 22.9 Å². The number of pyridine rings is 1. The summed E-state index contributed by atoms with van der Waals surface area (Å²) in [6.07, 6.45) is 1.84. The van der Waals surface area contributed by atoms with Gasteiger partial charge < -0.3 is 14.8 Å². The Balaban J connectivity index is 1.29. The lowest BCUT2D eigenvalue weighted by atomic mass is 10.1. The molecular formula is C30H20N4S. The Hall–Kier alpha value is -4.22. The molecule has 0 spiro atoms. The lowest BCUT2D eigenvalue weighted by molar-refractivity contribution is 1.09.